The van der Waals surface area contributed by atoms with E-state index in [1.54, 1.807) is 0 Å². The minimum absolute atomic E-state index is 0.0330. The second-order valence-corrected chi connectivity index (χ2v) is 17.8. The highest BCUT2D eigenvalue weighted by molar-refractivity contribution is 7.56. The highest BCUT2D eigenvalue weighted by atomic mass is 31.1. The van der Waals surface area contributed by atoms with Gasteiger partial charge in [0.2, 0.25) is 5.90 Å². The zero-order chi connectivity index (χ0) is 36.9. The Balaban J connectivity index is 1.22. The van der Waals surface area contributed by atoms with E-state index in [-0.39, 0.29) is 11.5 Å². The van der Waals surface area contributed by atoms with Crippen molar-refractivity contribution in [2.75, 3.05) is 19.4 Å². The van der Waals surface area contributed by atoms with Gasteiger partial charge in [-0.25, -0.2) is 4.99 Å². The predicted molar refractivity (Wildman–Crippen MR) is 233 cm³/mol. The van der Waals surface area contributed by atoms with Gasteiger partial charge in [0.05, 0.1) is 6.04 Å². The van der Waals surface area contributed by atoms with Crippen LogP contribution in [0.2, 0.25) is 0 Å². The molecule has 0 saturated carbocycles. The Kier molecular flexibility index (Phi) is 10.7. The van der Waals surface area contributed by atoms with E-state index >= 15 is 0 Å². The monoisotopic (exact) mass is 723 g/mol. The molecule has 2 atom stereocenters. The van der Waals surface area contributed by atoms with Crippen LogP contribution in [0.5, 0.6) is 0 Å². The normalized spacial score (nSPS) is 17.6. The maximum Gasteiger partial charge on any atom is 0.216 e. The van der Waals surface area contributed by atoms with Crippen LogP contribution in [0.3, 0.4) is 0 Å². The molecule has 0 saturated heterocycles. The molecule has 0 N–H and O–H groups in total. The van der Waals surface area contributed by atoms with Gasteiger partial charge in [-0.3, -0.25) is 0 Å². The molecule has 0 amide bonds. The number of hydrogen-bond acceptors (Lipinski definition) is 2. The second kappa shape index (κ2) is 16.1. The van der Waals surface area contributed by atoms with Gasteiger partial charge in [-0.05, 0) is 120 Å². The van der Waals surface area contributed by atoms with Crippen LogP contribution in [0, 0.1) is 12.3 Å². The minimum atomic E-state index is -0.471. The van der Waals surface area contributed by atoms with Gasteiger partial charge in [0, 0.05) is 11.0 Å². The van der Waals surface area contributed by atoms with E-state index in [9.17, 15) is 0 Å². The first-order chi connectivity index (χ1) is 26.5. The van der Waals surface area contributed by atoms with Gasteiger partial charge in [0.1, 0.15) is 6.61 Å². The number of nitrogens with zero attached hydrogens (tertiary/aromatic N) is 1. The summed E-state index contributed by atoms with van der Waals surface area (Å²) in [5, 5.41) is 5.24. The van der Waals surface area contributed by atoms with E-state index in [0.717, 1.165) is 49.5 Å². The van der Waals surface area contributed by atoms with Crippen LogP contribution in [0.15, 0.2) is 174 Å². The summed E-state index contributed by atoms with van der Waals surface area (Å²) >= 11 is 0. The number of benzene rings is 6. The third kappa shape index (κ3) is 7.77. The summed E-state index contributed by atoms with van der Waals surface area (Å²) in [6.45, 7) is 7.59. The Morgan fingerprint density at radius 1 is 0.648 bits per heavy atom. The van der Waals surface area contributed by atoms with E-state index in [1.165, 1.54) is 60.5 Å². The Morgan fingerprint density at radius 3 is 1.93 bits per heavy atom. The Morgan fingerprint density at radius 2 is 1.24 bits per heavy atom. The van der Waals surface area contributed by atoms with Gasteiger partial charge in [0.25, 0.3) is 0 Å². The van der Waals surface area contributed by atoms with Crippen LogP contribution >= 0.6 is 7.92 Å². The highest BCUT2D eigenvalue weighted by Gasteiger charge is 2.43. The van der Waals surface area contributed by atoms with E-state index in [0.29, 0.717) is 6.61 Å². The van der Waals surface area contributed by atoms with E-state index in [1.807, 2.05) is 0 Å². The summed E-state index contributed by atoms with van der Waals surface area (Å²) in [7, 11) is -0.471. The topological polar surface area (TPSA) is 21.6 Å². The molecule has 0 fully saturated rings. The van der Waals surface area contributed by atoms with Crippen molar-refractivity contribution in [2.45, 2.75) is 51.7 Å². The van der Waals surface area contributed by atoms with Crippen molar-refractivity contribution in [3.63, 3.8) is 0 Å². The quantitative estimate of drug-likeness (QED) is 0.122. The fraction of sp³-hybridized carbons (Fsp3) is 0.235. The third-order valence-corrected chi connectivity index (χ3v) is 13.4. The van der Waals surface area contributed by atoms with Crippen LogP contribution in [-0.2, 0) is 23.7 Å². The molecule has 0 bridgehead atoms. The molecule has 2 unspecified atom stereocenters. The van der Waals surface area contributed by atoms with E-state index < -0.39 is 7.92 Å². The lowest BCUT2D eigenvalue weighted by Gasteiger charge is -2.40. The number of allylic oxidation sites excluding steroid dienone is 4. The minimum Gasteiger partial charge on any atom is -0.475 e. The molecule has 6 aromatic carbocycles. The lowest BCUT2D eigenvalue weighted by atomic mass is 9.72. The number of hydrogen-bond donors (Lipinski definition) is 0. The first kappa shape index (κ1) is 36.0. The standard InChI is InChI=1S/C51H50NOP/c1-37-16-10-11-23-43(28-26-37)50-52-47(34-53-50)51(32-39-17-6-4-7-18-39,33-40-19-8-5-9-20-40)36-54(3)35-44-31-30-42-22-13-15-25-46(42)49(44)48-38(2)27-29-41-21-12-14-24-45(41)48/h4-9,12-31,47H,10-11,32-36H2,1-3H3/b28-26?,37-16?,43-23-. The smallest absolute Gasteiger partial charge is 0.216 e. The van der Waals surface area contributed by atoms with Crippen molar-refractivity contribution < 1.29 is 4.74 Å². The average Bonchev–Trinajstić information content (AvgIpc) is 3.69. The van der Waals surface area contributed by atoms with Gasteiger partial charge >= 0.3 is 0 Å². The molecule has 2 aliphatic rings. The van der Waals surface area contributed by atoms with Crippen molar-refractivity contribution in [3.8, 4) is 11.1 Å². The van der Waals surface area contributed by atoms with Crippen molar-refractivity contribution in [3.05, 3.63) is 191 Å². The molecule has 0 aromatic heterocycles. The molecular weight excluding hydrogens is 674 g/mol. The summed E-state index contributed by atoms with van der Waals surface area (Å²) in [5.74, 6) is 0.806. The second-order valence-electron chi connectivity index (χ2n) is 15.4. The van der Waals surface area contributed by atoms with Gasteiger partial charge in [-0.15, -0.1) is 7.92 Å². The number of aliphatic imine (C=N–C) groups is 1. The molecule has 1 aliphatic carbocycles. The molecule has 3 heteroatoms. The summed E-state index contributed by atoms with van der Waals surface area (Å²) in [4.78, 5) is 5.55. The SMILES string of the molecule is CC1=CCC/C=C(\C2=NC(C(Cc3ccccc3)(Cc3ccccc3)CP(C)Cc3ccc4ccccc4c3-c3c(C)ccc4ccccc34)CO2)C=C1. The lowest BCUT2D eigenvalue weighted by molar-refractivity contribution is 0.200. The van der Waals surface area contributed by atoms with Gasteiger partial charge < -0.3 is 4.74 Å². The molecule has 0 spiro atoms. The lowest BCUT2D eigenvalue weighted by Crippen LogP contribution is -2.42. The zero-order valence-electron chi connectivity index (χ0n) is 31.8. The summed E-state index contributed by atoms with van der Waals surface area (Å²) in [6.07, 6.45) is 15.1. The van der Waals surface area contributed by atoms with E-state index in [2.05, 4.69) is 178 Å². The molecular formula is C51H50NOP. The first-order valence-corrected chi connectivity index (χ1v) is 21.6. The van der Waals surface area contributed by atoms with Crippen molar-refractivity contribution >= 4 is 35.4 Å². The molecule has 1 heterocycles. The molecule has 1 aliphatic heterocycles. The average molecular weight is 724 g/mol. The van der Waals surface area contributed by atoms with Crippen LogP contribution in [-0.4, -0.2) is 31.4 Å². The number of aryl methyl sites for hydroxylation is 1. The van der Waals surface area contributed by atoms with Gasteiger partial charge in [-0.2, -0.15) is 0 Å². The molecule has 270 valence electrons. The highest BCUT2D eigenvalue weighted by Crippen LogP contribution is 2.50. The van der Waals surface area contributed by atoms with Crippen molar-refractivity contribution in [1.82, 2.24) is 0 Å². The molecule has 6 aromatic rings. The zero-order valence-corrected chi connectivity index (χ0v) is 32.7. The maximum atomic E-state index is 6.62. The third-order valence-electron chi connectivity index (χ3n) is 11.4. The molecule has 54 heavy (non-hydrogen) atoms. The number of fused-ring (bicyclic) bond motifs is 2. The Bertz CT molecular complexity index is 2340. The number of ether oxygens (including phenoxy) is 1. The molecule has 2 nitrogen and oxygen atoms in total. The molecule has 8 rings (SSSR count). The summed E-state index contributed by atoms with van der Waals surface area (Å²) in [5.41, 5.74) is 10.5. The Labute approximate surface area is 322 Å². The van der Waals surface area contributed by atoms with Crippen LogP contribution < -0.4 is 0 Å². The van der Waals surface area contributed by atoms with Gasteiger partial charge in [0.15, 0.2) is 0 Å². The predicted octanol–water partition coefficient (Wildman–Crippen LogP) is 13.1. The largest absolute Gasteiger partial charge is 0.475 e. The number of rotatable bonds is 11. The van der Waals surface area contributed by atoms with Crippen LogP contribution in [0.1, 0.15) is 42.0 Å². The van der Waals surface area contributed by atoms with Crippen LogP contribution in [0.4, 0.5) is 0 Å². The van der Waals surface area contributed by atoms with Gasteiger partial charge in [-0.1, -0.05) is 157 Å². The van der Waals surface area contributed by atoms with Crippen LogP contribution in [0.25, 0.3) is 32.7 Å². The first-order valence-electron chi connectivity index (χ1n) is 19.5. The molecule has 0 radical (unpaired) electrons. The van der Waals surface area contributed by atoms with Crippen molar-refractivity contribution in [1.29, 1.82) is 0 Å². The fourth-order valence-electron chi connectivity index (χ4n) is 8.77. The fourth-order valence-corrected chi connectivity index (χ4v) is 11.2. The Hall–Kier alpha value is -5.04. The summed E-state index contributed by atoms with van der Waals surface area (Å²) in [6, 6.07) is 49.4. The maximum absolute atomic E-state index is 6.62. The summed E-state index contributed by atoms with van der Waals surface area (Å²) < 4.78 is 6.62. The van der Waals surface area contributed by atoms with E-state index in [4.69, 9.17) is 9.73 Å². The van der Waals surface area contributed by atoms with Crippen molar-refractivity contribution in [2.24, 2.45) is 10.4 Å².